The van der Waals surface area contributed by atoms with E-state index in [1.54, 1.807) is 6.07 Å². The Bertz CT molecular complexity index is 1310. The number of fused-ring (bicyclic) bond motifs is 1. The number of nitrogens with zero attached hydrogens (tertiary/aromatic N) is 2. The Morgan fingerprint density at radius 2 is 1.66 bits per heavy atom. The lowest BCUT2D eigenvalue weighted by molar-refractivity contribution is 0.0945. The van der Waals surface area contributed by atoms with Crippen molar-refractivity contribution in [2.24, 2.45) is 0 Å². The lowest BCUT2D eigenvalue weighted by Crippen LogP contribution is -2.24. The summed E-state index contributed by atoms with van der Waals surface area (Å²) in [4.78, 5) is 19.0. The van der Waals surface area contributed by atoms with Crippen LogP contribution in [0.2, 0.25) is 0 Å². The van der Waals surface area contributed by atoms with Crippen LogP contribution in [0.25, 0.3) is 0 Å². The molecule has 0 bridgehead atoms. The van der Waals surface area contributed by atoms with Crippen LogP contribution in [0.4, 0.5) is 4.39 Å². The molecule has 0 atom stereocenters. The molecule has 3 aromatic carbocycles. The number of oxazole rings is 1. The fraction of sp³-hybridized carbons (Fsp3) is 0.185. The Balaban J connectivity index is 1.28. The third-order valence-corrected chi connectivity index (χ3v) is 5.58. The van der Waals surface area contributed by atoms with Crippen LogP contribution >= 0.6 is 0 Å². The van der Waals surface area contributed by atoms with Gasteiger partial charge >= 0.3 is 0 Å². The van der Waals surface area contributed by atoms with E-state index in [1.165, 1.54) is 18.4 Å². The highest BCUT2D eigenvalue weighted by Crippen LogP contribution is 2.33. The maximum Gasteiger partial charge on any atom is 0.273 e. The summed E-state index contributed by atoms with van der Waals surface area (Å²) in [6.07, 6.45) is 1.36. The molecular weight excluding hydrogens is 449 g/mol. The van der Waals surface area contributed by atoms with Gasteiger partial charge in [0, 0.05) is 19.6 Å². The molecule has 1 aliphatic heterocycles. The van der Waals surface area contributed by atoms with Crippen LogP contribution in [0.1, 0.15) is 33.1 Å². The van der Waals surface area contributed by atoms with Gasteiger partial charge in [0.2, 0.25) is 12.7 Å². The van der Waals surface area contributed by atoms with Crippen molar-refractivity contribution in [2.75, 3.05) is 6.79 Å². The summed E-state index contributed by atoms with van der Waals surface area (Å²) in [5.41, 5.74) is 3.02. The highest BCUT2D eigenvalue weighted by Gasteiger charge is 2.18. The van der Waals surface area contributed by atoms with Crippen LogP contribution in [-0.4, -0.2) is 22.6 Å². The smallest absolute Gasteiger partial charge is 0.273 e. The van der Waals surface area contributed by atoms with Gasteiger partial charge in [0.1, 0.15) is 12.1 Å². The van der Waals surface area contributed by atoms with Crippen LogP contribution in [0, 0.1) is 5.82 Å². The Hall–Kier alpha value is -4.17. The van der Waals surface area contributed by atoms with Crippen LogP contribution in [-0.2, 0) is 26.2 Å². The van der Waals surface area contributed by atoms with E-state index in [-0.39, 0.29) is 24.2 Å². The Morgan fingerprint density at radius 1 is 0.886 bits per heavy atom. The lowest BCUT2D eigenvalue weighted by Gasteiger charge is -2.21. The standard InChI is InChI=1S/C27H24FN3O4/c28-22-8-4-7-20(11-22)14-31(15-21-9-10-24-25(12-21)35-18-34-24)16-26-30-23(17-33-26)27(32)29-13-19-5-2-1-3-6-19/h1-12,17H,13-16,18H2,(H,29,32). The number of hydrogen-bond donors (Lipinski definition) is 1. The summed E-state index contributed by atoms with van der Waals surface area (Å²) in [5, 5.41) is 2.85. The molecule has 1 aliphatic rings. The Kier molecular flexibility index (Phi) is 6.72. The largest absolute Gasteiger partial charge is 0.454 e. The van der Waals surface area contributed by atoms with Crippen molar-refractivity contribution in [3.8, 4) is 11.5 Å². The maximum absolute atomic E-state index is 13.8. The lowest BCUT2D eigenvalue weighted by atomic mass is 10.1. The van der Waals surface area contributed by atoms with Gasteiger partial charge in [-0.15, -0.1) is 0 Å². The first-order valence-electron chi connectivity index (χ1n) is 11.2. The van der Waals surface area contributed by atoms with Crippen LogP contribution in [0.15, 0.2) is 83.5 Å². The van der Waals surface area contributed by atoms with Crippen molar-refractivity contribution in [1.82, 2.24) is 15.2 Å². The molecule has 4 aromatic rings. The SMILES string of the molecule is O=C(NCc1ccccc1)c1coc(CN(Cc2cccc(F)c2)Cc2ccc3c(c2)OCO3)n1. The third kappa shape index (κ3) is 5.85. The number of hydrogen-bond acceptors (Lipinski definition) is 6. The van der Waals surface area contributed by atoms with E-state index in [4.69, 9.17) is 13.9 Å². The Morgan fingerprint density at radius 3 is 2.49 bits per heavy atom. The fourth-order valence-corrected chi connectivity index (χ4v) is 3.91. The number of carbonyl (C=O) groups excluding carboxylic acids is 1. The topological polar surface area (TPSA) is 76.8 Å². The number of rotatable bonds is 9. The van der Waals surface area contributed by atoms with E-state index in [1.807, 2.05) is 54.6 Å². The molecule has 1 N–H and O–H groups in total. The zero-order chi connectivity index (χ0) is 24.0. The minimum Gasteiger partial charge on any atom is -0.454 e. The minimum absolute atomic E-state index is 0.206. The van der Waals surface area contributed by atoms with Gasteiger partial charge < -0.3 is 19.2 Å². The molecule has 0 spiro atoms. The monoisotopic (exact) mass is 473 g/mol. The fourth-order valence-electron chi connectivity index (χ4n) is 3.91. The van der Waals surface area contributed by atoms with Gasteiger partial charge in [-0.05, 0) is 41.0 Å². The van der Waals surface area contributed by atoms with E-state index < -0.39 is 0 Å². The first-order valence-corrected chi connectivity index (χ1v) is 11.2. The van der Waals surface area contributed by atoms with Crippen molar-refractivity contribution in [3.05, 3.63) is 113 Å². The molecule has 5 rings (SSSR count). The second kappa shape index (κ2) is 10.4. The second-order valence-corrected chi connectivity index (χ2v) is 8.26. The number of aromatic nitrogens is 1. The average Bonchev–Trinajstić information content (AvgIpc) is 3.52. The van der Waals surface area contributed by atoms with Crippen molar-refractivity contribution < 1.29 is 23.1 Å². The quantitative estimate of drug-likeness (QED) is 0.381. The van der Waals surface area contributed by atoms with Crippen molar-refractivity contribution in [3.63, 3.8) is 0 Å². The molecule has 178 valence electrons. The molecule has 7 nitrogen and oxygen atoms in total. The number of nitrogens with one attached hydrogen (secondary N) is 1. The average molecular weight is 474 g/mol. The second-order valence-electron chi connectivity index (χ2n) is 8.26. The summed E-state index contributed by atoms with van der Waals surface area (Å²) < 4.78 is 30.3. The molecular formula is C27H24FN3O4. The molecule has 8 heteroatoms. The van der Waals surface area contributed by atoms with Gasteiger partial charge in [0.05, 0.1) is 6.54 Å². The molecule has 2 heterocycles. The predicted octanol–water partition coefficient (Wildman–Crippen LogP) is 4.67. The normalized spacial score (nSPS) is 12.2. The number of amides is 1. The number of ether oxygens (including phenoxy) is 2. The maximum atomic E-state index is 13.8. The first kappa shape index (κ1) is 22.6. The van der Waals surface area contributed by atoms with Crippen LogP contribution < -0.4 is 14.8 Å². The molecule has 1 amide bonds. The van der Waals surface area contributed by atoms with Crippen LogP contribution in [0.3, 0.4) is 0 Å². The summed E-state index contributed by atoms with van der Waals surface area (Å²) in [5.74, 6) is 1.20. The van der Waals surface area contributed by atoms with Gasteiger partial charge in [-0.25, -0.2) is 9.37 Å². The molecule has 0 aliphatic carbocycles. The summed E-state index contributed by atoms with van der Waals surface area (Å²) in [7, 11) is 0. The highest BCUT2D eigenvalue weighted by atomic mass is 19.1. The molecule has 0 radical (unpaired) electrons. The molecule has 0 saturated carbocycles. The summed E-state index contributed by atoms with van der Waals surface area (Å²) in [6.45, 7) is 1.93. The van der Waals surface area contributed by atoms with E-state index in [0.717, 1.165) is 16.7 Å². The minimum atomic E-state index is -0.309. The van der Waals surface area contributed by atoms with Gasteiger partial charge in [-0.1, -0.05) is 48.5 Å². The van der Waals surface area contributed by atoms with Crippen LogP contribution in [0.5, 0.6) is 11.5 Å². The van der Waals surface area contributed by atoms with Crippen molar-refractivity contribution >= 4 is 5.91 Å². The predicted molar refractivity (Wildman–Crippen MR) is 126 cm³/mol. The third-order valence-electron chi connectivity index (χ3n) is 5.58. The van der Waals surface area contributed by atoms with E-state index >= 15 is 0 Å². The molecule has 1 aromatic heterocycles. The molecule has 35 heavy (non-hydrogen) atoms. The van der Waals surface area contributed by atoms with Gasteiger partial charge in [-0.3, -0.25) is 9.69 Å². The molecule has 0 saturated heterocycles. The number of benzene rings is 3. The number of carbonyl (C=O) groups is 1. The van der Waals surface area contributed by atoms with Gasteiger partial charge in [0.25, 0.3) is 5.91 Å². The van der Waals surface area contributed by atoms with E-state index in [2.05, 4.69) is 15.2 Å². The van der Waals surface area contributed by atoms with E-state index in [0.29, 0.717) is 43.6 Å². The van der Waals surface area contributed by atoms with E-state index in [9.17, 15) is 9.18 Å². The molecule has 0 unspecified atom stereocenters. The summed E-state index contributed by atoms with van der Waals surface area (Å²) >= 11 is 0. The van der Waals surface area contributed by atoms with Gasteiger partial charge in [-0.2, -0.15) is 0 Å². The Labute approximate surface area is 202 Å². The zero-order valence-corrected chi connectivity index (χ0v) is 18.9. The van der Waals surface area contributed by atoms with Crippen molar-refractivity contribution in [2.45, 2.75) is 26.2 Å². The number of halogens is 1. The molecule has 0 fully saturated rings. The van der Waals surface area contributed by atoms with Gasteiger partial charge in [0.15, 0.2) is 17.2 Å². The van der Waals surface area contributed by atoms with Crippen molar-refractivity contribution in [1.29, 1.82) is 0 Å². The summed E-state index contributed by atoms with van der Waals surface area (Å²) in [6, 6.07) is 21.9. The zero-order valence-electron chi connectivity index (χ0n) is 18.9. The first-order chi connectivity index (χ1) is 17.1. The highest BCUT2D eigenvalue weighted by molar-refractivity contribution is 5.91.